The van der Waals surface area contributed by atoms with Crippen LogP contribution < -0.4 is 4.74 Å². The van der Waals surface area contributed by atoms with Crippen molar-refractivity contribution in [1.82, 2.24) is 8.61 Å². The largest absolute Gasteiger partial charge is 0.496 e. The maximum Gasteiger partial charge on any atom is 0.282 e. The van der Waals surface area contributed by atoms with Crippen LogP contribution >= 0.6 is 11.3 Å². The van der Waals surface area contributed by atoms with Gasteiger partial charge in [0.1, 0.15) is 5.75 Å². The van der Waals surface area contributed by atoms with E-state index in [0.717, 1.165) is 10.4 Å². The summed E-state index contributed by atoms with van der Waals surface area (Å²) >= 11 is 1.51. The van der Waals surface area contributed by atoms with E-state index in [0.29, 0.717) is 5.75 Å². The number of hydrogen-bond donors (Lipinski definition) is 0. The highest BCUT2D eigenvalue weighted by Crippen LogP contribution is 2.24. The molecule has 2 rings (SSSR count). The molecule has 8 heteroatoms. The van der Waals surface area contributed by atoms with Crippen molar-refractivity contribution < 1.29 is 13.2 Å². The number of nitriles is 1. The van der Waals surface area contributed by atoms with Gasteiger partial charge in [-0.1, -0.05) is 24.3 Å². The molecule has 1 aromatic heterocycles. The summed E-state index contributed by atoms with van der Waals surface area (Å²) in [5.41, 5.74) is 0.791. The first-order valence-corrected chi connectivity index (χ1v) is 9.99. The number of rotatable bonds is 9. The summed E-state index contributed by atoms with van der Waals surface area (Å²) in [7, 11) is -0.644. The fourth-order valence-electron chi connectivity index (χ4n) is 2.34. The second kappa shape index (κ2) is 8.97. The molecule has 0 saturated carbocycles. The van der Waals surface area contributed by atoms with E-state index in [2.05, 4.69) is 0 Å². The fraction of sp³-hybridized carbons (Fsp3) is 0.353. The van der Waals surface area contributed by atoms with Crippen molar-refractivity contribution >= 4 is 21.5 Å². The molecular weight excluding hydrogens is 358 g/mol. The number of methoxy groups -OCH3 is 1. The predicted molar refractivity (Wildman–Crippen MR) is 98.3 cm³/mol. The molecule has 0 amide bonds. The molecule has 134 valence electrons. The van der Waals surface area contributed by atoms with Crippen molar-refractivity contribution in [3.05, 3.63) is 52.2 Å². The molecule has 0 aliphatic heterocycles. The summed E-state index contributed by atoms with van der Waals surface area (Å²) < 4.78 is 33.9. The zero-order valence-electron chi connectivity index (χ0n) is 14.3. The molecule has 0 unspecified atom stereocenters. The van der Waals surface area contributed by atoms with Crippen LogP contribution in [-0.2, 0) is 23.3 Å². The van der Waals surface area contributed by atoms with Crippen molar-refractivity contribution in [2.45, 2.75) is 19.5 Å². The Bertz CT molecular complexity index is 814. The highest BCUT2D eigenvalue weighted by Gasteiger charge is 2.28. The highest BCUT2D eigenvalue weighted by molar-refractivity contribution is 7.86. The minimum atomic E-state index is -3.71. The summed E-state index contributed by atoms with van der Waals surface area (Å²) in [5, 5.41) is 10.6. The molecule has 0 saturated heterocycles. The average molecular weight is 380 g/mol. The molecular formula is C17H21N3O3S2. The van der Waals surface area contributed by atoms with Crippen LogP contribution in [0.1, 0.15) is 16.9 Å². The van der Waals surface area contributed by atoms with Gasteiger partial charge in [0.2, 0.25) is 0 Å². The van der Waals surface area contributed by atoms with Crippen molar-refractivity contribution in [2.24, 2.45) is 0 Å². The zero-order chi connectivity index (χ0) is 18.3. The minimum Gasteiger partial charge on any atom is -0.496 e. The van der Waals surface area contributed by atoms with E-state index < -0.39 is 10.2 Å². The van der Waals surface area contributed by atoms with Gasteiger partial charge in [0.15, 0.2) is 0 Å². The standard InChI is InChI=1S/C17H21N3O3S2/c1-19(11-6-10-18)25(21,22)20(14-16-8-5-12-24-16)13-15-7-3-4-9-17(15)23-2/h3-5,7-9,12H,6,11,13-14H2,1-2H3. The molecule has 6 nitrogen and oxygen atoms in total. The molecule has 0 spiro atoms. The Balaban J connectivity index is 2.31. The van der Waals surface area contributed by atoms with E-state index in [-0.39, 0.29) is 26.1 Å². The third-order valence-corrected chi connectivity index (χ3v) is 6.45. The molecule has 0 aliphatic rings. The average Bonchev–Trinajstić information content (AvgIpc) is 3.12. The van der Waals surface area contributed by atoms with Crippen molar-refractivity contribution in [3.63, 3.8) is 0 Å². The van der Waals surface area contributed by atoms with Crippen LogP contribution in [0.15, 0.2) is 41.8 Å². The van der Waals surface area contributed by atoms with Crippen LogP contribution in [-0.4, -0.2) is 37.7 Å². The lowest BCUT2D eigenvalue weighted by Crippen LogP contribution is -2.41. The van der Waals surface area contributed by atoms with E-state index in [1.807, 2.05) is 47.8 Å². The van der Waals surface area contributed by atoms with Crippen LogP contribution in [0.5, 0.6) is 5.75 Å². The Morgan fingerprint density at radius 2 is 1.96 bits per heavy atom. The Hall–Kier alpha value is -1.92. The van der Waals surface area contributed by atoms with Gasteiger partial charge in [0.25, 0.3) is 10.2 Å². The normalized spacial score (nSPS) is 11.6. The lowest BCUT2D eigenvalue weighted by molar-refractivity contribution is 0.344. The third-order valence-electron chi connectivity index (χ3n) is 3.71. The second-order valence-electron chi connectivity index (χ2n) is 5.40. The Kier molecular flexibility index (Phi) is 6.96. The van der Waals surface area contributed by atoms with Gasteiger partial charge in [-0.3, -0.25) is 0 Å². The van der Waals surface area contributed by atoms with Gasteiger partial charge in [-0.25, -0.2) is 0 Å². The van der Waals surface area contributed by atoms with Crippen molar-refractivity contribution in [2.75, 3.05) is 20.7 Å². The van der Waals surface area contributed by atoms with Crippen LogP contribution in [0.2, 0.25) is 0 Å². The quantitative estimate of drug-likeness (QED) is 0.671. The van der Waals surface area contributed by atoms with E-state index in [1.54, 1.807) is 7.11 Å². The molecule has 2 aromatic rings. The number of hydrogen-bond acceptors (Lipinski definition) is 5. The maximum absolute atomic E-state index is 13.0. The minimum absolute atomic E-state index is 0.150. The fourth-order valence-corrected chi connectivity index (χ4v) is 4.46. The van der Waals surface area contributed by atoms with E-state index in [1.165, 1.54) is 27.0 Å². The number of ether oxygens (including phenoxy) is 1. The summed E-state index contributed by atoms with van der Waals surface area (Å²) in [6, 6.07) is 13.1. The van der Waals surface area contributed by atoms with Gasteiger partial charge in [0, 0.05) is 43.5 Å². The maximum atomic E-state index is 13.0. The third kappa shape index (κ3) is 5.03. The van der Waals surface area contributed by atoms with Crippen molar-refractivity contribution in [1.29, 1.82) is 5.26 Å². The van der Waals surface area contributed by atoms with Gasteiger partial charge in [-0.15, -0.1) is 11.3 Å². The molecule has 0 N–H and O–H groups in total. The SMILES string of the molecule is COc1ccccc1CN(Cc1cccs1)S(=O)(=O)N(C)CCC#N. The zero-order valence-corrected chi connectivity index (χ0v) is 15.9. The predicted octanol–water partition coefficient (Wildman–Crippen LogP) is 2.85. The topological polar surface area (TPSA) is 73.6 Å². The van der Waals surface area contributed by atoms with Gasteiger partial charge in [-0.2, -0.15) is 22.3 Å². The van der Waals surface area contributed by atoms with Crippen molar-refractivity contribution in [3.8, 4) is 11.8 Å². The van der Waals surface area contributed by atoms with Crippen LogP contribution in [0.3, 0.4) is 0 Å². The van der Waals surface area contributed by atoms with Gasteiger partial charge < -0.3 is 4.74 Å². The summed E-state index contributed by atoms with van der Waals surface area (Å²) in [4.78, 5) is 0.951. The molecule has 1 aromatic carbocycles. The van der Waals surface area contributed by atoms with Gasteiger partial charge in [0.05, 0.1) is 13.2 Å². The molecule has 0 bridgehead atoms. The van der Waals surface area contributed by atoms with Crippen LogP contribution in [0.25, 0.3) is 0 Å². The molecule has 0 aliphatic carbocycles. The smallest absolute Gasteiger partial charge is 0.282 e. The van der Waals surface area contributed by atoms with E-state index >= 15 is 0 Å². The summed E-state index contributed by atoms with van der Waals surface area (Å²) in [5.74, 6) is 0.647. The Labute approximate surface area is 153 Å². The molecule has 1 heterocycles. The number of nitrogens with zero attached hydrogens (tertiary/aromatic N) is 3. The molecule has 0 radical (unpaired) electrons. The Morgan fingerprint density at radius 1 is 1.20 bits per heavy atom. The first-order chi connectivity index (χ1) is 12.0. The second-order valence-corrected chi connectivity index (χ2v) is 8.46. The number of para-hydroxylation sites is 1. The Morgan fingerprint density at radius 3 is 2.60 bits per heavy atom. The van der Waals surface area contributed by atoms with Gasteiger partial charge >= 0.3 is 0 Å². The first kappa shape index (κ1) is 19.4. The van der Waals surface area contributed by atoms with Crippen LogP contribution in [0.4, 0.5) is 0 Å². The molecule has 25 heavy (non-hydrogen) atoms. The lowest BCUT2D eigenvalue weighted by atomic mass is 10.2. The lowest BCUT2D eigenvalue weighted by Gasteiger charge is -2.27. The van der Waals surface area contributed by atoms with E-state index in [9.17, 15) is 8.42 Å². The summed E-state index contributed by atoms with van der Waals surface area (Å²) in [6.45, 7) is 0.627. The van der Waals surface area contributed by atoms with Crippen LogP contribution in [0, 0.1) is 11.3 Å². The van der Waals surface area contributed by atoms with E-state index in [4.69, 9.17) is 10.00 Å². The van der Waals surface area contributed by atoms with Gasteiger partial charge in [-0.05, 0) is 17.5 Å². The number of benzene rings is 1. The highest BCUT2D eigenvalue weighted by atomic mass is 32.2. The monoisotopic (exact) mass is 379 g/mol. The molecule has 0 fully saturated rings. The first-order valence-electron chi connectivity index (χ1n) is 7.71. The number of thiophene rings is 1. The molecule has 0 atom stereocenters. The summed E-state index contributed by atoms with van der Waals surface area (Å²) in [6.07, 6.45) is 0.150.